The lowest BCUT2D eigenvalue weighted by Gasteiger charge is -2.18. The molecule has 0 saturated heterocycles. The number of Topliss-reactive ketones (excluding diaryl/α,β-unsaturated/α-hetero) is 2. The molecule has 6 nitrogen and oxygen atoms in total. The number of hydrogen-bond donors (Lipinski definition) is 0. The zero-order valence-corrected chi connectivity index (χ0v) is 11.4. The van der Waals surface area contributed by atoms with E-state index >= 15 is 0 Å². The fourth-order valence-electron chi connectivity index (χ4n) is 1.92. The van der Waals surface area contributed by atoms with Crippen molar-refractivity contribution < 1.29 is 28.5 Å². The zero-order valence-electron chi connectivity index (χ0n) is 11.4. The first-order valence-corrected chi connectivity index (χ1v) is 6.17. The maximum Gasteiger partial charge on any atom is 0.217 e. The topological polar surface area (TPSA) is 71.1 Å². The normalized spacial score (nSPS) is 13.3. The summed E-state index contributed by atoms with van der Waals surface area (Å²) in [4.78, 5) is 23.8. The smallest absolute Gasteiger partial charge is 0.217 e. The number of ether oxygens (including phenoxy) is 4. The Bertz CT molecular complexity index is 506. The van der Waals surface area contributed by atoms with Crippen LogP contribution in [0.15, 0.2) is 18.2 Å². The van der Waals surface area contributed by atoms with Crippen LogP contribution in [0.4, 0.5) is 0 Å². The molecule has 0 unspecified atom stereocenters. The summed E-state index contributed by atoms with van der Waals surface area (Å²) >= 11 is 0. The molecule has 0 aromatic heterocycles. The van der Waals surface area contributed by atoms with E-state index in [1.54, 1.807) is 18.2 Å². The maximum absolute atomic E-state index is 12.0. The molecule has 108 valence electrons. The Hall–Kier alpha value is -1.92. The molecule has 0 atom stereocenters. The Morgan fingerprint density at radius 3 is 2.45 bits per heavy atom. The van der Waals surface area contributed by atoms with Crippen LogP contribution in [0.5, 0.6) is 11.5 Å². The van der Waals surface area contributed by atoms with Gasteiger partial charge in [-0.25, -0.2) is 0 Å². The van der Waals surface area contributed by atoms with E-state index in [0.717, 1.165) is 0 Å². The Morgan fingerprint density at radius 1 is 1.15 bits per heavy atom. The summed E-state index contributed by atoms with van der Waals surface area (Å²) < 4.78 is 20.4. The number of rotatable bonds is 6. The van der Waals surface area contributed by atoms with Gasteiger partial charge in [0.15, 0.2) is 23.1 Å². The predicted molar refractivity (Wildman–Crippen MR) is 69.2 cm³/mol. The summed E-state index contributed by atoms with van der Waals surface area (Å²) in [6, 6.07) is 4.85. The fourth-order valence-corrected chi connectivity index (χ4v) is 1.92. The number of methoxy groups -OCH3 is 2. The van der Waals surface area contributed by atoms with Crippen LogP contribution in [-0.2, 0) is 14.3 Å². The van der Waals surface area contributed by atoms with Gasteiger partial charge in [-0.3, -0.25) is 9.59 Å². The van der Waals surface area contributed by atoms with Crippen molar-refractivity contribution in [1.82, 2.24) is 0 Å². The number of hydrogen-bond acceptors (Lipinski definition) is 6. The number of benzene rings is 1. The van der Waals surface area contributed by atoms with Crippen molar-refractivity contribution in [1.29, 1.82) is 0 Å². The molecule has 0 amide bonds. The van der Waals surface area contributed by atoms with Gasteiger partial charge in [0.05, 0.1) is 6.42 Å². The van der Waals surface area contributed by atoms with Crippen LogP contribution in [-0.4, -0.2) is 45.3 Å². The SMILES string of the molecule is COC(OC)C(=O)CC(=O)c1ccc2c(c1)OCCO2. The molecule has 20 heavy (non-hydrogen) atoms. The molecule has 0 saturated carbocycles. The third-order valence-corrected chi connectivity index (χ3v) is 2.89. The first-order valence-electron chi connectivity index (χ1n) is 6.17. The molecule has 0 aliphatic carbocycles. The minimum atomic E-state index is -1.02. The first kappa shape index (κ1) is 14.5. The zero-order chi connectivity index (χ0) is 14.5. The van der Waals surface area contributed by atoms with Gasteiger partial charge in [-0.2, -0.15) is 0 Å². The molecule has 0 fully saturated rings. The molecule has 0 spiro atoms. The van der Waals surface area contributed by atoms with Gasteiger partial charge in [-0.1, -0.05) is 0 Å². The van der Waals surface area contributed by atoms with Crippen LogP contribution in [0.3, 0.4) is 0 Å². The lowest BCUT2D eigenvalue weighted by Crippen LogP contribution is -2.27. The molecule has 1 aliphatic heterocycles. The Balaban J connectivity index is 2.07. The van der Waals surface area contributed by atoms with Gasteiger partial charge in [0.1, 0.15) is 13.2 Å². The molecular weight excluding hydrogens is 264 g/mol. The van der Waals surface area contributed by atoms with Gasteiger partial charge in [0, 0.05) is 19.8 Å². The van der Waals surface area contributed by atoms with E-state index < -0.39 is 12.1 Å². The van der Waals surface area contributed by atoms with Gasteiger partial charge in [0.25, 0.3) is 0 Å². The maximum atomic E-state index is 12.0. The van der Waals surface area contributed by atoms with Crippen molar-refractivity contribution in [3.8, 4) is 11.5 Å². The third kappa shape index (κ3) is 3.15. The quantitative estimate of drug-likeness (QED) is 0.443. The van der Waals surface area contributed by atoms with Crippen LogP contribution in [0, 0.1) is 0 Å². The highest BCUT2D eigenvalue weighted by molar-refractivity contribution is 6.09. The highest BCUT2D eigenvalue weighted by Crippen LogP contribution is 2.31. The second-order valence-electron chi connectivity index (χ2n) is 4.23. The molecule has 0 N–H and O–H groups in total. The van der Waals surface area contributed by atoms with Crippen LogP contribution in [0.2, 0.25) is 0 Å². The summed E-state index contributed by atoms with van der Waals surface area (Å²) in [5.74, 6) is 0.385. The fraction of sp³-hybridized carbons (Fsp3) is 0.429. The summed E-state index contributed by atoms with van der Waals surface area (Å²) in [5, 5.41) is 0. The van der Waals surface area contributed by atoms with Crippen LogP contribution in [0.1, 0.15) is 16.8 Å². The van der Waals surface area contributed by atoms with E-state index in [9.17, 15) is 9.59 Å². The van der Waals surface area contributed by atoms with Crippen molar-refractivity contribution in [2.24, 2.45) is 0 Å². The highest BCUT2D eigenvalue weighted by Gasteiger charge is 2.22. The van der Waals surface area contributed by atoms with Crippen LogP contribution in [0.25, 0.3) is 0 Å². The molecular formula is C14H16O6. The third-order valence-electron chi connectivity index (χ3n) is 2.89. The number of carbonyl (C=O) groups excluding carboxylic acids is 2. The number of ketones is 2. The van der Waals surface area contributed by atoms with Gasteiger partial charge in [0.2, 0.25) is 6.29 Å². The lowest BCUT2D eigenvalue weighted by atomic mass is 10.0. The summed E-state index contributed by atoms with van der Waals surface area (Å²) in [7, 11) is 2.70. The standard InChI is InChI=1S/C14H16O6/c1-17-14(18-2)11(16)8-10(15)9-3-4-12-13(7-9)20-6-5-19-12/h3-4,7,14H,5-6,8H2,1-2H3. The van der Waals surface area contributed by atoms with Crippen molar-refractivity contribution in [3.05, 3.63) is 23.8 Å². The Labute approximate surface area is 116 Å². The van der Waals surface area contributed by atoms with Crippen molar-refractivity contribution in [3.63, 3.8) is 0 Å². The Kier molecular flexibility index (Phi) is 4.70. The van der Waals surface area contributed by atoms with Crippen molar-refractivity contribution in [2.45, 2.75) is 12.7 Å². The monoisotopic (exact) mass is 280 g/mol. The second-order valence-corrected chi connectivity index (χ2v) is 4.23. The van der Waals surface area contributed by atoms with Gasteiger partial charge >= 0.3 is 0 Å². The molecule has 0 bridgehead atoms. The highest BCUT2D eigenvalue weighted by atomic mass is 16.7. The number of carbonyl (C=O) groups is 2. The van der Waals surface area contributed by atoms with Gasteiger partial charge in [-0.05, 0) is 18.2 Å². The molecule has 6 heteroatoms. The minimum absolute atomic E-state index is 0.286. The van der Waals surface area contributed by atoms with E-state index in [0.29, 0.717) is 30.3 Å². The van der Waals surface area contributed by atoms with Crippen LogP contribution < -0.4 is 9.47 Å². The van der Waals surface area contributed by atoms with Crippen LogP contribution >= 0.6 is 0 Å². The van der Waals surface area contributed by atoms with Gasteiger partial charge in [-0.15, -0.1) is 0 Å². The van der Waals surface area contributed by atoms with Crippen molar-refractivity contribution in [2.75, 3.05) is 27.4 Å². The summed E-state index contributed by atoms with van der Waals surface area (Å²) in [6.07, 6.45) is -1.30. The largest absolute Gasteiger partial charge is 0.486 e. The molecule has 0 radical (unpaired) electrons. The average molecular weight is 280 g/mol. The molecule has 1 aromatic rings. The molecule has 1 heterocycles. The van der Waals surface area contributed by atoms with E-state index in [-0.39, 0.29) is 12.2 Å². The first-order chi connectivity index (χ1) is 9.65. The molecule has 1 aromatic carbocycles. The Morgan fingerprint density at radius 2 is 1.80 bits per heavy atom. The lowest BCUT2D eigenvalue weighted by molar-refractivity contribution is -0.155. The number of fused-ring (bicyclic) bond motifs is 1. The van der Waals surface area contributed by atoms with E-state index in [1.165, 1.54) is 14.2 Å². The average Bonchev–Trinajstić information content (AvgIpc) is 2.48. The van der Waals surface area contributed by atoms with Crippen molar-refractivity contribution >= 4 is 11.6 Å². The van der Waals surface area contributed by atoms with E-state index in [1.807, 2.05) is 0 Å². The van der Waals surface area contributed by atoms with E-state index in [4.69, 9.17) is 18.9 Å². The minimum Gasteiger partial charge on any atom is -0.486 e. The van der Waals surface area contributed by atoms with Gasteiger partial charge < -0.3 is 18.9 Å². The summed E-state index contributed by atoms with van der Waals surface area (Å²) in [5.41, 5.74) is 0.397. The predicted octanol–water partition coefficient (Wildman–Crippen LogP) is 1.22. The molecule has 1 aliphatic rings. The molecule has 2 rings (SSSR count). The summed E-state index contributed by atoms with van der Waals surface area (Å²) in [6.45, 7) is 0.932. The van der Waals surface area contributed by atoms with E-state index in [2.05, 4.69) is 0 Å². The second kappa shape index (κ2) is 6.49.